The first-order chi connectivity index (χ1) is 11.2. The van der Waals surface area contributed by atoms with E-state index >= 15 is 0 Å². The van der Waals surface area contributed by atoms with Crippen LogP contribution in [0.1, 0.15) is 13.3 Å². The first-order valence-electron chi connectivity index (χ1n) is 7.53. The maximum atomic E-state index is 12.0. The quantitative estimate of drug-likeness (QED) is 0.690. The van der Waals surface area contributed by atoms with Gasteiger partial charge < -0.3 is 10.6 Å². The number of urea groups is 1. The second kappa shape index (κ2) is 6.39. The fourth-order valence-electron chi connectivity index (χ4n) is 2.49. The molecule has 3 aromatic rings. The van der Waals surface area contributed by atoms with Crippen molar-refractivity contribution in [3.63, 3.8) is 0 Å². The van der Waals surface area contributed by atoms with Gasteiger partial charge in [0.15, 0.2) is 0 Å². The summed E-state index contributed by atoms with van der Waals surface area (Å²) in [5, 5.41) is 8.85. The number of aryl methyl sites for hydroxylation is 1. The van der Waals surface area contributed by atoms with Crippen LogP contribution in [-0.2, 0) is 6.54 Å². The van der Waals surface area contributed by atoms with Gasteiger partial charge in [-0.25, -0.2) is 4.79 Å². The maximum absolute atomic E-state index is 12.0. The van der Waals surface area contributed by atoms with E-state index in [9.17, 15) is 9.59 Å². The van der Waals surface area contributed by atoms with Crippen molar-refractivity contribution in [3.8, 4) is 0 Å². The Morgan fingerprint density at radius 3 is 2.57 bits per heavy atom. The number of para-hydroxylation sites is 1. The van der Waals surface area contributed by atoms with E-state index in [0.29, 0.717) is 16.8 Å². The lowest BCUT2D eigenvalue weighted by molar-refractivity contribution is 0.262. The predicted octanol–water partition coefficient (Wildman–Crippen LogP) is 3.38. The van der Waals surface area contributed by atoms with E-state index in [1.165, 1.54) is 0 Å². The van der Waals surface area contributed by atoms with Gasteiger partial charge in [0.05, 0.1) is 10.9 Å². The van der Waals surface area contributed by atoms with Gasteiger partial charge in [-0.15, -0.1) is 0 Å². The molecule has 23 heavy (non-hydrogen) atoms. The van der Waals surface area contributed by atoms with Gasteiger partial charge >= 0.3 is 6.03 Å². The number of amides is 2. The summed E-state index contributed by atoms with van der Waals surface area (Å²) >= 11 is 0. The topological polar surface area (TPSA) is 78.9 Å². The molecule has 0 atom stereocenters. The van der Waals surface area contributed by atoms with E-state index in [4.69, 9.17) is 0 Å². The van der Waals surface area contributed by atoms with Gasteiger partial charge in [-0.2, -0.15) is 0 Å². The van der Waals surface area contributed by atoms with Crippen LogP contribution in [0, 0.1) is 0 Å². The number of aromatic amines is 1. The Labute approximate surface area is 133 Å². The molecule has 0 saturated carbocycles. The summed E-state index contributed by atoms with van der Waals surface area (Å²) in [6, 6.07) is 14.1. The van der Waals surface area contributed by atoms with Crippen LogP contribution in [0.4, 0.5) is 16.2 Å². The highest BCUT2D eigenvalue weighted by molar-refractivity contribution is 6.00. The Balaban J connectivity index is 1.79. The van der Waals surface area contributed by atoms with Crippen molar-refractivity contribution in [2.45, 2.75) is 19.9 Å². The van der Waals surface area contributed by atoms with Crippen LogP contribution in [0.2, 0.25) is 0 Å². The van der Waals surface area contributed by atoms with Gasteiger partial charge in [-0.05, 0) is 36.8 Å². The molecule has 0 aliphatic heterocycles. The second-order valence-electron chi connectivity index (χ2n) is 5.27. The number of anilines is 2. The lowest BCUT2D eigenvalue weighted by Crippen LogP contribution is -2.19. The van der Waals surface area contributed by atoms with E-state index in [-0.39, 0.29) is 11.6 Å². The average Bonchev–Trinajstić information content (AvgIpc) is 2.84. The number of hydrogen-bond donors (Lipinski definition) is 3. The summed E-state index contributed by atoms with van der Waals surface area (Å²) in [7, 11) is 0. The van der Waals surface area contributed by atoms with Crippen LogP contribution in [0.5, 0.6) is 0 Å². The van der Waals surface area contributed by atoms with Gasteiger partial charge in [0.25, 0.3) is 5.56 Å². The Hall–Kier alpha value is -3.02. The van der Waals surface area contributed by atoms with Gasteiger partial charge in [0, 0.05) is 17.9 Å². The molecule has 0 bridgehead atoms. The molecular weight excluding hydrogens is 292 g/mol. The Bertz CT molecular complexity index is 880. The van der Waals surface area contributed by atoms with E-state index < -0.39 is 0 Å². The summed E-state index contributed by atoms with van der Waals surface area (Å²) in [5.41, 5.74) is 1.97. The molecular formula is C17H18N4O2. The number of aromatic nitrogens is 2. The smallest absolute Gasteiger partial charge is 0.308 e. The molecule has 2 amide bonds. The zero-order chi connectivity index (χ0) is 16.2. The zero-order valence-electron chi connectivity index (χ0n) is 12.8. The van der Waals surface area contributed by atoms with Crippen molar-refractivity contribution in [1.29, 1.82) is 0 Å². The fourth-order valence-corrected chi connectivity index (χ4v) is 2.49. The molecule has 0 aliphatic carbocycles. The average molecular weight is 310 g/mol. The molecule has 0 saturated heterocycles. The lowest BCUT2D eigenvalue weighted by Gasteiger charge is -2.08. The molecule has 2 aromatic carbocycles. The van der Waals surface area contributed by atoms with E-state index in [2.05, 4.69) is 15.7 Å². The van der Waals surface area contributed by atoms with E-state index in [1.807, 2.05) is 35.9 Å². The van der Waals surface area contributed by atoms with E-state index in [0.717, 1.165) is 18.5 Å². The Morgan fingerprint density at radius 1 is 1.09 bits per heavy atom. The number of benzene rings is 2. The molecule has 0 radical (unpaired) electrons. The van der Waals surface area contributed by atoms with Crippen LogP contribution in [0.15, 0.2) is 53.3 Å². The minimum atomic E-state index is -0.347. The van der Waals surface area contributed by atoms with Crippen molar-refractivity contribution in [2.75, 3.05) is 10.6 Å². The standard InChI is InChI=1S/C17H18N4O2/c1-2-10-21-15-9-8-13(11-14(15)16(22)20-21)19-17(23)18-12-6-4-3-5-7-12/h3-9,11H,2,10H2,1H3,(H,20,22)(H2,18,19,23). The summed E-state index contributed by atoms with van der Waals surface area (Å²) in [6.07, 6.45) is 0.930. The summed E-state index contributed by atoms with van der Waals surface area (Å²) in [5.74, 6) is 0. The lowest BCUT2D eigenvalue weighted by atomic mass is 10.2. The summed E-state index contributed by atoms with van der Waals surface area (Å²) < 4.78 is 1.82. The minimum Gasteiger partial charge on any atom is -0.308 e. The maximum Gasteiger partial charge on any atom is 0.323 e. The molecule has 0 fully saturated rings. The summed E-state index contributed by atoms with van der Waals surface area (Å²) in [6.45, 7) is 2.80. The van der Waals surface area contributed by atoms with Gasteiger partial charge in [-0.1, -0.05) is 25.1 Å². The monoisotopic (exact) mass is 310 g/mol. The molecule has 6 nitrogen and oxygen atoms in total. The van der Waals surface area contributed by atoms with Crippen molar-refractivity contribution < 1.29 is 4.79 Å². The third-order valence-electron chi connectivity index (χ3n) is 3.51. The van der Waals surface area contributed by atoms with Crippen LogP contribution in [0.25, 0.3) is 10.9 Å². The number of rotatable bonds is 4. The number of carbonyl (C=O) groups excluding carboxylic acids is 1. The number of fused-ring (bicyclic) bond motifs is 1. The van der Waals surface area contributed by atoms with Crippen LogP contribution < -0.4 is 16.2 Å². The summed E-state index contributed by atoms with van der Waals surface area (Å²) in [4.78, 5) is 24.0. The normalized spacial score (nSPS) is 10.7. The SMILES string of the molecule is CCCn1[nH]c(=O)c2cc(NC(=O)Nc3ccccc3)ccc21. The molecule has 118 valence electrons. The van der Waals surface area contributed by atoms with Crippen LogP contribution in [0.3, 0.4) is 0 Å². The molecule has 3 N–H and O–H groups in total. The van der Waals surface area contributed by atoms with Crippen molar-refractivity contribution in [3.05, 3.63) is 58.9 Å². The van der Waals surface area contributed by atoms with Crippen molar-refractivity contribution in [2.24, 2.45) is 0 Å². The highest BCUT2D eigenvalue weighted by Crippen LogP contribution is 2.17. The molecule has 0 spiro atoms. The third-order valence-corrected chi connectivity index (χ3v) is 3.51. The zero-order valence-corrected chi connectivity index (χ0v) is 12.8. The second-order valence-corrected chi connectivity index (χ2v) is 5.27. The number of hydrogen-bond acceptors (Lipinski definition) is 2. The number of nitrogens with zero attached hydrogens (tertiary/aromatic N) is 1. The van der Waals surface area contributed by atoms with Crippen LogP contribution >= 0.6 is 0 Å². The first-order valence-corrected chi connectivity index (χ1v) is 7.53. The molecule has 1 heterocycles. The third kappa shape index (κ3) is 3.26. The molecule has 3 rings (SSSR count). The molecule has 0 aliphatic rings. The van der Waals surface area contributed by atoms with Gasteiger partial charge in [-0.3, -0.25) is 14.6 Å². The largest absolute Gasteiger partial charge is 0.323 e. The van der Waals surface area contributed by atoms with Gasteiger partial charge in [0.1, 0.15) is 0 Å². The molecule has 6 heteroatoms. The molecule has 1 aromatic heterocycles. The van der Waals surface area contributed by atoms with Crippen molar-refractivity contribution >= 4 is 28.3 Å². The highest BCUT2D eigenvalue weighted by Gasteiger charge is 2.08. The van der Waals surface area contributed by atoms with Gasteiger partial charge in [0.2, 0.25) is 0 Å². The number of carbonyl (C=O) groups is 1. The Kier molecular flexibility index (Phi) is 4.14. The first kappa shape index (κ1) is 14.9. The minimum absolute atomic E-state index is 0.152. The van der Waals surface area contributed by atoms with E-state index in [1.54, 1.807) is 24.3 Å². The predicted molar refractivity (Wildman–Crippen MR) is 91.9 cm³/mol. The molecule has 0 unspecified atom stereocenters. The van der Waals surface area contributed by atoms with Crippen LogP contribution in [-0.4, -0.2) is 15.8 Å². The van der Waals surface area contributed by atoms with Crippen molar-refractivity contribution in [1.82, 2.24) is 9.78 Å². The highest BCUT2D eigenvalue weighted by atomic mass is 16.2. The number of H-pyrrole nitrogens is 1. The Morgan fingerprint density at radius 2 is 1.83 bits per heavy atom. The fraction of sp³-hybridized carbons (Fsp3) is 0.176. The number of nitrogens with one attached hydrogen (secondary N) is 3.